The third-order valence-electron chi connectivity index (χ3n) is 10.6. The molecule has 1 N–H and O–H groups in total. The Morgan fingerprint density at radius 3 is 2.29 bits per heavy atom. The van der Waals surface area contributed by atoms with Crippen LogP contribution in [0.4, 0.5) is 0 Å². The van der Waals surface area contributed by atoms with Gasteiger partial charge in [0, 0.05) is 25.6 Å². The van der Waals surface area contributed by atoms with Crippen molar-refractivity contribution < 1.29 is 33.8 Å². The van der Waals surface area contributed by atoms with Gasteiger partial charge in [-0.25, -0.2) is 0 Å². The number of cyclic esters (lactones) is 1. The van der Waals surface area contributed by atoms with Gasteiger partial charge in [0.1, 0.15) is 23.7 Å². The van der Waals surface area contributed by atoms with Crippen LogP contribution < -0.4 is 0 Å². The first-order valence-corrected chi connectivity index (χ1v) is 17.2. The molecule has 4 aliphatic heterocycles. The number of esters is 1. The summed E-state index contributed by atoms with van der Waals surface area (Å²) in [6, 6.07) is 16.4. The number of hydrogen-bond acceptors (Lipinski definition) is 7. The molecule has 10 heteroatoms. The van der Waals surface area contributed by atoms with E-state index in [2.05, 4.69) is 0 Å². The van der Waals surface area contributed by atoms with E-state index in [0.717, 1.165) is 5.56 Å². The minimum Gasteiger partial charge on any atom is -0.455 e. The Morgan fingerprint density at radius 1 is 0.959 bits per heavy atom. The van der Waals surface area contributed by atoms with E-state index in [9.17, 15) is 24.3 Å². The zero-order chi connectivity index (χ0) is 35.1. The lowest BCUT2D eigenvalue weighted by atomic mass is 9.74. The molecule has 3 amide bonds. The molecule has 8 atom stereocenters. The van der Waals surface area contributed by atoms with E-state index >= 15 is 0 Å². The number of amides is 3. The summed E-state index contributed by atoms with van der Waals surface area (Å²) in [6.45, 7) is 7.48. The molecular formula is C39H47N3O7. The lowest BCUT2D eigenvalue weighted by Gasteiger charge is -2.43. The molecule has 0 radical (unpaired) electrons. The molecule has 0 aliphatic carbocycles. The zero-order valence-electron chi connectivity index (χ0n) is 28.9. The third kappa shape index (κ3) is 6.21. The zero-order valence-corrected chi connectivity index (χ0v) is 28.9. The molecular weight excluding hydrogens is 622 g/mol. The standard InChI is InChI=1S/C39H47N3O7/c1-25-33(27-17-11-7-12-18-27)48-37(47)31-29-20-21-39(49-29)32(31)35(45)42(28(24-43)23-26-15-9-6-10-16-26)34(39)36(46)41(38(2,3)4)22-14-8-13-19-30(44)40(25)5/h6-12,14-18,20-21,25,28-29,31-34,43H,13,19,22-24H2,1-5H3/b14-8-/t25-,28-,29+,31-,32-,33+,34+,39-/m1/s1. The van der Waals surface area contributed by atoms with Gasteiger partial charge in [0.25, 0.3) is 0 Å². The number of ether oxygens (including phenoxy) is 2. The van der Waals surface area contributed by atoms with Crippen molar-refractivity contribution in [1.29, 1.82) is 0 Å². The number of carbonyl (C=O) groups excluding carboxylic acids is 4. The first-order chi connectivity index (χ1) is 23.4. The highest BCUT2D eigenvalue weighted by Crippen LogP contribution is 2.56. The number of benzene rings is 2. The van der Waals surface area contributed by atoms with Crippen molar-refractivity contribution in [3.63, 3.8) is 0 Å². The Morgan fingerprint density at radius 2 is 1.63 bits per heavy atom. The minimum absolute atomic E-state index is 0.106. The van der Waals surface area contributed by atoms with Crippen LogP contribution in [0.5, 0.6) is 0 Å². The Balaban J connectivity index is 1.47. The second kappa shape index (κ2) is 13.6. The molecule has 0 saturated carbocycles. The van der Waals surface area contributed by atoms with Gasteiger partial charge in [-0.1, -0.05) is 85.0 Å². The van der Waals surface area contributed by atoms with Gasteiger partial charge in [0.05, 0.1) is 30.7 Å². The van der Waals surface area contributed by atoms with E-state index < -0.39 is 71.8 Å². The van der Waals surface area contributed by atoms with Crippen LogP contribution in [0.1, 0.15) is 57.8 Å². The normalized spacial score (nSPS) is 32.0. The number of likely N-dealkylation sites (tertiary alicyclic amines) is 1. The van der Waals surface area contributed by atoms with Crippen LogP contribution in [-0.2, 0) is 35.1 Å². The summed E-state index contributed by atoms with van der Waals surface area (Å²) < 4.78 is 12.9. The molecule has 49 heavy (non-hydrogen) atoms. The lowest BCUT2D eigenvalue weighted by molar-refractivity contribution is -0.164. The van der Waals surface area contributed by atoms with Gasteiger partial charge >= 0.3 is 5.97 Å². The Bertz CT molecular complexity index is 1620. The average Bonchev–Trinajstić information content (AvgIpc) is 3.73. The monoisotopic (exact) mass is 669 g/mol. The largest absolute Gasteiger partial charge is 0.455 e. The van der Waals surface area contributed by atoms with Crippen molar-refractivity contribution in [3.8, 4) is 0 Å². The van der Waals surface area contributed by atoms with Crippen LogP contribution in [-0.4, -0.2) is 99.1 Å². The number of aliphatic hydroxyl groups excluding tert-OH is 1. The molecule has 4 heterocycles. The number of allylic oxidation sites excluding steroid dienone is 1. The third-order valence-corrected chi connectivity index (χ3v) is 10.6. The highest BCUT2D eigenvalue weighted by molar-refractivity contribution is 5.99. The predicted molar refractivity (Wildman–Crippen MR) is 183 cm³/mol. The topological polar surface area (TPSA) is 117 Å². The maximum Gasteiger partial charge on any atom is 0.313 e. The SMILES string of the molecule is C[C@@H]1[C@@H](c2ccccc2)OC(=O)[C@@H]2[C@@H]3C=C[C@]4(O3)[C@H](C(=O)N(C(C)(C)C)C/C=C\CCC(=O)N1C)N([C@@H](CO)Cc1ccccc1)C(=O)[C@@H]24. The number of hydrogen-bond donors (Lipinski definition) is 1. The number of fused-ring (bicyclic) bond motifs is 2. The number of rotatable bonds is 5. The van der Waals surface area contributed by atoms with Crippen LogP contribution in [0.15, 0.2) is 85.0 Å². The van der Waals surface area contributed by atoms with Crippen molar-refractivity contribution >= 4 is 23.7 Å². The number of carbonyl (C=O) groups is 4. The summed E-state index contributed by atoms with van der Waals surface area (Å²) in [5.41, 5.74) is -0.481. The smallest absolute Gasteiger partial charge is 0.313 e. The molecule has 6 rings (SSSR count). The fourth-order valence-electron chi connectivity index (χ4n) is 7.93. The van der Waals surface area contributed by atoms with Gasteiger partial charge in [-0.05, 0) is 51.7 Å². The minimum atomic E-state index is -1.44. The van der Waals surface area contributed by atoms with Crippen molar-refractivity contribution in [2.45, 2.75) is 88.4 Å². The van der Waals surface area contributed by atoms with Crippen LogP contribution >= 0.6 is 0 Å². The van der Waals surface area contributed by atoms with Gasteiger partial charge in [-0.2, -0.15) is 0 Å². The highest BCUT2D eigenvalue weighted by atomic mass is 16.6. The molecule has 1 spiro atoms. The molecule has 0 unspecified atom stereocenters. The number of likely N-dealkylation sites (N-methyl/N-ethyl adjacent to an activating group) is 1. The van der Waals surface area contributed by atoms with E-state index in [-0.39, 0.29) is 24.8 Å². The van der Waals surface area contributed by atoms with Gasteiger partial charge in [0.15, 0.2) is 0 Å². The van der Waals surface area contributed by atoms with Gasteiger partial charge in [0.2, 0.25) is 17.7 Å². The second-order valence-corrected chi connectivity index (χ2v) is 14.6. The second-order valence-electron chi connectivity index (χ2n) is 14.6. The molecule has 2 aromatic carbocycles. The predicted octanol–water partition coefficient (Wildman–Crippen LogP) is 3.85. The Hall–Kier alpha value is -4.28. The molecule has 10 nitrogen and oxygen atoms in total. The highest BCUT2D eigenvalue weighted by Gasteiger charge is 2.74. The van der Waals surface area contributed by atoms with Crippen LogP contribution in [0, 0.1) is 11.8 Å². The maximum absolute atomic E-state index is 15.0. The quantitative estimate of drug-likeness (QED) is 0.380. The van der Waals surface area contributed by atoms with E-state index in [4.69, 9.17) is 9.47 Å². The van der Waals surface area contributed by atoms with Crippen molar-refractivity contribution in [2.24, 2.45) is 11.8 Å². The summed E-state index contributed by atoms with van der Waals surface area (Å²) in [6.07, 6.45) is 6.71. The van der Waals surface area contributed by atoms with Crippen LogP contribution in [0.2, 0.25) is 0 Å². The van der Waals surface area contributed by atoms with Crippen LogP contribution in [0.25, 0.3) is 0 Å². The van der Waals surface area contributed by atoms with E-state index in [0.29, 0.717) is 18.4 Å². The first kappa shape index (κ1) is 34.6. The molecule has 2 aromatic rings. The Kier molecular flexibility index (Phi) is 9.57. The van der Waals surface area contributed by atoms with Gasteiger partial charge < -0.3 is 29.3 Å². The van der Waals surface area contributed by atoms with E-state index in [1.54, 1.807) is 29.0 Å². The van der Waals surface area contributed by atoms with Crippen molar-refractivity contribution in [3.05, 3.63) is 96.1 Å². The summed E-state index contributed by atoms with van der Waals surface area (Å²) in [4.78, 5) is 62.4. The molecule has 2 saturated heterocycles. The number of nitrogens with zero attached hydrogens (tertiary/aromatic N) is 3. The summed E-state index contributed by atoms with van der Waals surface area (Å²) in [5, 5.41) is 10.8. The molecule has 0 aromatic heterocycles. The van der Waals surface area contributed by atoms with E-state index in [1.165, 1.54) is 4.90 Å². The fourth-order valence-corrected chi connectivity index (χ4v) is 7.93. The molecule has 5 bridgehead atoms. The average molecular weight is 670 g/mol. The molecule has 260 valence electrons. The summed E-state index contributed by atoms with van der Waals surface area (Å²) in [5.74, 6) is -3.59. The fraction of sp³-hybridized carbons (Fsp3) is 0.487. The summed E-state index contributed by atoms with van der Waals surface area (Å²) >= 11 is 0. The van der Waals surface area contributed by atoms with Crippen LogP contribution in [0.3, 0.4) is 0 Å². The van der Waals surface area contributed by atoms with Crippen molar-refractivity contribution in [2.75, 3.05) is 20.2 Å². The molecule has 4 aliphatic rings. The molecule has 2 fully saturated rings. The first-order valence-electron chi connectivity index (χ1n) is 17.2. The van der Waals surface area contributed by atoms with E-state index in [1.807, 2.05) is 101 Å². The lowest BCUT2D eigenvalue weighted by Crippen LogP contribution is -2.61. The Labute approximate surface area is 288 Å². The van der Waals surface area contributed by atoms with Gasteiger partial charge in [-0.3, -0.25) is 19.2 Å². The number of aliphatic hydroxyl groups is 1. The van der Waals surface area contributed by atoms with Gasteiger partial charge in [-0.15, -0.1) is 0 Å². The summed E-state index contributed by atoms with van der Waals surface area (Å²) in [7, 11) is 1.71. The van der Waals surface area contributed by atoms with Crippen molar-refractivity contribution in [1.82, 2.24) is 14.7 Å². The maximum atomic E-state index is 15.0.